The van der Waals surface area contributed by atoms with Crippen molar-refractivity contribution in [2.45, 2.75) is 44.7 Å². The molecule has 0 fully saturated rings. The molecule has 6 N–H and O–H groups in total. The van der Waals surface area contributed by atoms with Crippen LogP contribution in [-0.2, 0) is 16.1 Å². The number of benzene rings is 1. The number of carboxylic acids is 2. The molecular formula is C22H30FN7O6. The van der Waals surface area contributed by atoms with Crippen LogP contribution in [0.15, 0.2) is 30.5 Å². The number of carbonyl (C=O) groups excluding carboxylic acids is 2. The van der Waals surface area contributed by atoms with E-state index in [9.17, 15) is 28.7 Å². The van der Waals surface area contributed by atoms with Gasteiger partial charge in [0.05, 0.1) is 12.7 Å². The van der Waals surface area contributed by atoms with E-state index < -0.39 is 36.7 Å². The minimum Gasteiger partial charge on any atom is -0.481 e. The van der Waals surface area contributed by atoms with E-state index in [1.807, 2.05) is 0 Å². The summed E-state index contributed by atoms with van der Waals surface area (Å²) in [5, 5.41) is 35.8. The molecule has 0 spiro atoms. The minimum atomic E-state index is -1.19. The van der Waals surface area contributed by atoms with Crippen molar-refractivity contribution in [3.8, 4) is 11.3 Å². The second-order valence-electron chi connectivity index (χ2n) is 7.80. The van der Waals surface area contributed by atoms with E-state index in [-0.39, 0.29) is 38.9 Å². The molecule has 4 amide bonds. The normalized spacial score (nSPS) is 11.4. The van der Waals surface area contributed by atoms with Crippen molar-refractivity contribution in [1.82, 2.24) is 30.9 Å². The molecule has 36 heavy (non-hydrogen) atoms. The van der Waals surface area contributed by atoms with Crippen molar-refractivity contribution in [3.05, 3.63) is 30.5 Å². The molecule has 1 unspecified atom stereocenters. The molecule has 14 heteroatoms. The van der Waals surface area contributed by atoms with Crippen molar-refractivity contribution < 1.29 is 33.8 Å². The smallest absolute Gasteiger partial charge is 0.326 e. The Bertz CT molecular complexity index is 1030. The summed E-state index contributed by atoms with van der Waals surface area (Å²) < 4.78 is 13.8. The molecule has 2 aromatic rings. The fraction of sp³-hybridized carbons (Fsp3) is 0.455. The van der Waals surface area contributed by atoms with E-state index in [4.69, 9.17) is 5.11 Å². The van der Waals surface area contributed by atoms with E-state index in [0.29, 0.717) is 29.8 Å². The molecule has 1 atom stereocenters. The van der Waals surface area contributed by atoms with Crippen LogP contribution in [0.2, 0.25) is 0 Å². The van der Waals surface area contributed by atoms with E-state index in [0.717, 1.165) is 0 Å². The van der Waals surface area contributed by atoms with Gasteiger partial charge in [-0.05, 0) is 37.8 Å². The lowest BCUT2D eigenvalue weighted by Crippen LogP contribution is -2.46. The predicted molar refractivity (Wildman–Crippen MR) is 127 cm³/mol. The van der Waals surface area contributed by atoms with Crippen LogP contribution in [0, 0.1) is 0 Å². The first-order valence-electron chi connectivity index (χ1n) is 11.4. The van der Waals surface area contributed by atoms with Gasteiger partial charge in [-0.2, -0.15) is 0 Å². The van der Waals surface area contributed by atoms with Crippen LogP contribution in [0.25, 0.3) is 11.3 Å². The number of hydrogen-bond donors (Lipinski definition) is 6. The van der Waals surface area contributed by atoms with Crippen molar-refractivity contribution in [2.24, 2.45) is 0 Å². The van der Waals surface area contributed by atoms with Gasteiger partial charge in [0.1, 0.15) is 18.4 Å². The summed E-state index contributed by atoms with van der Waals surface area (Å²) in [5.74, 6) is -2.17. The van der Waals surface area contributed by atoms with Crippen LogP contribution < -0.4 is 21.3 Å². The van der Waals surface area contributed by atoms with Crippen LogP contribution in [0.1, 0.15) is 32.1 Å². The molecule has 2 rings (SSSR count). The zero-order chi connectivity index (χ0) is 26.3. The van der Waals surface area contributed by atoms with Crippen molar-refractivity contribution in [2.75, 3.05) is 25.1 Å². The Morgan fingerprint density at radius 2 is 1.78 bits per heavy atom. The highest BCUT2D eigenvalue weighted by molar-refractivity contribution is 5.90. The molecular weight excluding hydrogens is 476 g/mol. The van der Waals surface area contributed by atoms with Crippen LogP contribution in [0.4, 0.5) is 19.7 Å². The number of halogens is 1. The Labute approximate surface area is 206 Å². The lowest BCUT2D eigenvalue weighted by molar-refractivity contribution is -0.139. The van der Waals surface area contributed by atoms with Gasteiger partial charge in [-0.25, -0.2) is 23.5 Å². The molecule has 0 aliphatic carbocycles. The maximum Gasteiger partial charge on any atom is 0.326 e. The highest BCUT2D eigenvalue weighted by atomic mass is 18.2. The number of carbonyl (C=O) groups is 4. The molecule has 0 saturated carbocycles. The second kappa shape index (κ2) is 14.9. The third kappa shape index (κ3) is 10.4. The summed E-state index contributed by atoms with van der Waals surface area (Å²) in [7, 11) is 0. The number of unbranched alkanes of at least 4 members (excludes halogenated alkanes) is 1. The number of aryl methyl sites for hydroxylation is 1. The quantitative estimate of drug-likeness (QED) is 0.197. The topological polar surface area (TPSA) is 188 Å². The van der Waals surface area contributed by atoms with E-state index >= 15 is 0 Å². The standard InChI is InChI=1S/C22H30FN7O6/c23-9-12-30-14-18(28-29-30)15-5-3-6-16(13-15)26-21(35)24-10-2-1-7-17(20(33)34)27-22(36)25-11-4-8-19(31)32/h3,5-6,13-14,17H,1-2,4,7-12H2,(H,31,32)(H,33,34)(H2,24,26,35)(H2,25,27,36)/i23-1. The van der Waals surface area contributed by atoms with Gasteiger partial charge in [0.2, 0.25) is 0 Å². The molecule has 0 saturated heterocycles. The van der Waals surface area contributed by atoms with Gasteiger partial charge in [-0.1, -0.05) is 17.3 Å². The number of urea groups is 2. The summed E-state index contributed by atoms with van der Waals surface area (Å²) in [6.07, 6.45) is 2.82. The number of nitrogens with one attached hydrogen (secondary N) is 4. The molecule has 0 bridgehead atoms. The lowest BCUT2D eigenvalue weighted by Gasteiger charge is -2.15. The predicted octanol–water partition coefficient (Wildman–Crippen LogP) is 1.82. The van der Waals surface area contributed by atoms with Crippen LogP contribution in [0.3, 0.4) is 0 Å². The van der Waals surface area contributed by atoms with Gasteiger partial charge in [0.15, 0.2) is 0 Å². The second-order valence-corrected chi connectivity index (χ2v) is 7.80. The van der Waals surface area contributed by atoms with Gasteiger partial charge < -0.3 is 31.5 Å². The van der Waals surface area contributed by atoms with Crippen molar-refractivity contribution >= 4 is 29.7 Å². The minimum absolute atomic E-state index is 0.0981. The zero-order valence-electron chi connectivity index (χ0n) is 19.6. The molecule has 0 radical (unpaired) electrons. The number of nitrogens with zero attached hydrogens (tertiary/aromatic N) is 3. The molecule has 1 aromatic heterocycles. The van der Waals surface area contributed by atoms with E-state index in [1.54, 1.807) is 30.5 Å². The lowest BCUT2D eigenvalue weighted by atomic mass is 10.1. The average molecular weight is 507 g/mol. The molecule has 196 valence electrons. The number of anilines is 1. The number of aliphatic carboxylic acids is 2. The van der Waals surface area contributed by atoms with E-state index in [2.05, 4.69) is 31.6 Å². The zero-order valence-corrected chi connectivity index (χ0v) is 19.6. The highest BCUT2D eigenvalue weighted by Crippen LogP contribution is 2.20. The van der Waals surface area contributed by atoms with Crippen LogP contribution in [-0.4, -0.2) is 75.0 Å². The van der Waals surface area contributed by atoms with Gasteiger partial charge in [-0.3, -0.25) is 4.79 Å². The van der Waals surface area contributed by atoms with Gasteiger partial charge in [0.25, 0.3) is 0 Å². The molecule has 13 nitrogen and oxygen atoms in total. The van der Waals surface area contributed by atoms with Crippen molar-refractivity contribution in [3.63, 3.8) is 0 Å². The number of carboxylic acid groups (broad SMARTS) is 2. The number of rotatable bonds is 15. The van der Waals surface area contributed by atoms with Gasteiger partial charge >= 0.3 is 24.0 Å². The van der Waals surface area contributed by atoms with Gasteiger partial charge in [-0.15, -0.1) is 5.10 Å². The summed E-state index contributed by atoms with van der Waals surface area (Å²) in [6, 6.07) is 4.70. The third-order valence-corrected chi connectivity index (χ3v) is 4.93. The first kappa shape index (κ1) is 28.0. The summed E-state index contributed by atoms with van der Waals surface area (Å²) in [4.78, 5) is 45.8. The van der Waals surface area contributed by atoms with E-state index in [1.165, 1.54) is 4.68 Å². The number of alkyl halides is 1. The Morgan fingerprint density at radius 3 is 2.50 bits per heavy atom. The van der Waals surface area contributed by atoms with Gasteiger partial charge in [0, 0.05) is 30.8 Å². The number of amides is 4. The SMILES string of the molecule is O=C(O)CCCNC(=O)NC(CCCCNC(=O)Nc1cccc(-c2cn(CC[18F])nn2)c1)C(=O)O. The Morgan fingerprint density at radius 1 is 1.03 bits per heavy atom. The Hall–Kier alpha value is -4.23. The average Bonchev–Trinajstić information content (AvgIpc) is 3.30. The maximum atomic E-state index is 12.4. The highest BCUT2D eigenvalue weighted by Gasteiger charge is 2.19. The number of aromatic nitrogens is 3. The molecule has 0 aliphatic heterocycles. The summed E-state index contributed by atoms with van der Waals surface area (Å²) >= 11 is 0. The first-order valence-corrected chi connectivity index (χ1v) is 11.4. The fourth-order valence-corrected chi connectivity index (χ4v) is 3.14. The summed E-state index contributed by atoms with van der Waals surface area (Å²) in [5.41, 5.74) is 1.77. The third-order valence-electron chi connectivity index (χ3n) is 4.93. The molecule has 1 aromatic carbocycles. The molecule has 1 heterocycles. The fourth-order valence-electron chi connectivity index (χ4n) is 3.14. The Balaban J connectivity index is 1.69. The maximum absolute atomic E-state index is 12.4. The van der Waals surface area contributed by atoms with Crippen LogP contribution in [0.5, 0.6) is 0 Å². The molecule has 0 aliphatic rings. The monoisotopic (exact) mass is 506 g/mol. The number of hydrogen-bond acceptors (Lipinski definition) is 6. The Kier molecular flexibility index (Phi) is 11.6. The van der Waals surface area contributed by atoms with Crippen molar-refractivity contribution in [1.29, 1.82) is 0 Å². The summed E-state index contributed by atoms with van der Waals surface area (Å²) in [6.45, 7) is -0.0372. The van der Waals surface area contributed by atoms with Crippen LogP contribution >= 0.6 is 0 Å². The first-order chi connectivity index (χ1) is 17.3. The largest absolute Gasteiger partial charge is 0.481 e.